The van der Waals surface area contributed by atoms with Gasteiger partial charge < -0.3 is 10.1 Å². The van der Waals surface area contributed by atoms with Crippen LogP contribution in [-0.2, 0) is 10.0 Å². The molecule has 11 heteroatoms. The van der Waals surface area contributed by atoms with Gasteiger partial charge in [0.2, 0.25) is 10.0 Å². The van der Waals surface area contributed by atoms with E-state index < -0.39 is 16.4 Å². The molecule has 0 saturated heterocycles. The largest absolute Gasteiger partial charge is 0.573 e. The van der Waals surface area contributed by atoms with Gasteiger partial charge in [0.05, 0.1) is 10.6 Å². The first-order valence-corrected chi connectivity index (χ1v) is 10.1. The summed E-state index contributed by atoms with van der Waals surface area (Å²) < 4.78 is 66.8. The molecule has 30 heavy (non-hydrogen) atoms. The van der Waals surface area contributed by atoms with Gasteiger partial charge in [0, 0.05) is 23.7 Å². The van der Waals surface area contributed by atoms with Crippen molar-refractivity contribution in [3.8, 4) is 5.75 Å². The number of nitrogens with one attached hydrogen (secondary N) is 2. The fourth-order valence-corrected chi connectivity index (χ4v) is 3.41. The van der Waals surface area contributed by atoms with Crippen LogP contribution in [0.3, 0.4) is 0 Å². The molecule has 0 atom stereocenters. The minimum Gasteiger partial charge on any atom is -0.406 e. The molecule has 0 fully saturated rings. The Bertz CT molecular complexity index is 1110. The van der Waals surface area contributed by atoms with E-state index in [1.54, 1.807) is 24.3 Å². The van der Waals surface area contributed by atoms with Crippen LogP contribution in [-0.4, -0.2) is 31.8 Å². The lowest BCUT2D eigenvalue weighted by Crippen LogP contribution is -2.20. The van der Waals surface area contributed by atoms with Crippen molar-refractivity contribution < 1.29 is 26.3 Å². The maximum absolute atomic E-state index is 12.2. The summed E-state index contributed by atoms with van der Waals surface area (Å²) in [6.45, 7) is 0. The molecule has 1 aliphatic carbocycles. The van der Waals surface area contributed by atoms with Crippen molar-refractivity contribution in [3.63, 3.8) is 0 Å². The first kappa shape index (κ1) is 21.5. The normalized spacial score (nSPS) is 14.5. The average Bonchev–Trinajstić information content (AvgIpc) is 2.95. The van der Waals surface area contributed by atoms with Crippen LogP contribution in [0.2, 0.25) is 0 Å². The first-order chi connectivity index (χ1) is 14.2. The summed E-state index contributed by atoms with van der Waals surface area (Å²) in [5, 5.41) is 2.97. The van der Waals surface area contributed by atoms with Gasteiger partial charge in [-0.15, -0.1) is 13.2 Å². The van der Waals surface area contributed by atoms with Gasteiger partial charge in [0.25, 0.3) is 0 Å². The zero-order valence-electron chi connectivity index (χ0n) is 15.6. The Balaban J connectivity index is 1.78. The lowest BCUT2D eigenvalue weighted by Gasteiger charge is -2.10. The van der Waals surface area contributed by atoms with E-state index in [-0.39, 0.29) is 17.1 Å². The van der Waals surface area contributed by atoms with Crippen molar-refractivity contribution >= 4 is 27.1 Å². The maximum Gasteiger partial charge on any atom is 0.573 e. The van der Waals surface area contributed by atoms with Crippen LogP contribution >= 0.6 is 0 Å². The molecule has 0 bridgehead atoms. The zero-order chi connectivity index (χ0) is 21.8. The van der Waals surface area contributed by atoms with E-state index in [1.807, 2.05) is 0 Å². The fourth-order valence-electron chi connectivity index (χ4n) is 2.58. The molecule has 1 aromatic heterocycles. The third-order valence-corrected chi connectivity index (χ3v) is 5.53. The van der Waals surface area contributed by atoms with Crippen LogP contribution < -0.4 is 14.8 Å². The maximum atomic E-state index is 12.2. The van der Waals surface area contributed by atoms with E-state index in [0.29, 0.717) is 22.8 Å². The molecule has 1 aliphatic rings. The topological polar surface area (TPSA) is 93.2 Å². The van der Waals surface area contributed by atoms with Gasteiger partial charge >= 0.3 is 6.36 Å². The second-order valence-electron chi connectivity index (χ2n) is 6.05. The molecule has 0 aliphatic heterocycles. The summed E-state index contributed by atoms with van der Waals surface area (Å²) in [5.41, 5.74) is 1.72. The fraction of sp³-hybridized carbons (Fsp3) is 0.158. The molecule has 2 N–H and O–H groups in total. The minimum absolute atomic E-state index is 0.227. The highest BCUT2D eigenvalue weighted by Gasteiger charge is 2.30. The minimum atomic E-state index is -4.75. The average molecular weight is 438 g/mol. The highest BCUT2D eigenvalue weighted by molar-refractivity contribution is 7.93. The lowest BCUT2D eigenvalue weighted by molar-refractivity contribution is -0.274. The summed E-state index contributed by atoms with van der Waals surface area (Å²) >= 11 is 0. The quantitative estimate of drug-likeness (QED) is 0.711. The molecule has 7 nitrogen and oxygen atoms in total. The SMILES string of the molecule is CNS(=O)(=O)C1=CC=C(c2cc(Nc3ccc(OC(F)(F)F)cc3)ncn2)C=CC1. The van der Waals surface area contributed by atoms with Crippen LogP contribution in [0.15, 0.2) is 65.9 Å². The number of hydrogen-bond donors (Lipinski definition) is 2. The number of sulfonamides is 1. The predicted octanol–water partition coefficient (Wildman–Crippen LogP) is 3.90. The lowest BCUT2D eigenvalue weighted by atomic mass is 10.1. The number of ether oxygens (including phenoxy) is 1. The standard InChI is InChI=1S/C19H17F3N4O3S/c1-23-30(27,28)16-4-2-3-13(5-10-16)17-11-18(25-12-24-17)26-14-6-8-15(9-7-14)29-19(20,21)22/h2-3,5-12,23H,4H2,1H3,(H,24,25,26). The molecule has 1 heterocycles. The Morgan fingerprint density at radius 2 is 1.83 bits per heavy atom. The van der Waals surface area contributed by atoms with Crippen molar-refractivity contribution in [2.24, 2.45) is 0 Å². The van der Waals surface area contributed by atoms with E-state index in [0.717, 1.165) is 0 Å². The number of nitrogens with zero attached hydrogens (tertiary/aromatic N) is 2. The van der Waals surface area contributed by atoms with Crippen molar-refractivity contribution in [2.75, 3.05) is 12.4 Å². The Morgan fingerprint density at radius 1 is 1.10 bits per heavy atom. The number of alkyl halides is 3. The molecule has 158 valence electrons. The molecule has 1 aromatic carbocycles. The first-order valence-electron chi connectivity index (χ1n) is 8.62. The Labute approximate surface area is 171 Å². The number of benzene rings is 1. The molecule has 3 rings (SSSR count). The molecule has 0 unspecified atom stereocenters. The summed E-state index contributed by atoms with van der Waals surface area (Å²) in [5.74, 6) is 0.0828. The molecular formula is C19H17F3N4O3S. The number of halogens is 3. The molecule has 0 spiro atoms. The van der Waals surface area contributed by atoms with Crippen LogP contribution in [0.5, 0.6) is 5.75 Å². The van der Waals surface area contributed by atoms with Crippen molar-refractivity contribution in [2.45, 2.75) is 12.8 Å². The summed E-state index contributed by atoms with van der Waals surface area (Å²) in [6, 6.07) is 6.85. The van der Waals surface area contributed by atoms with Gasteiger partial charge in [-0.1, -0.05) is 18.2 Å². The van der Waals surface area contributed by atoms with E-state index in [2.05, 4.69) is 24.7 Å². The Hall–Kier alpha value is -3.18. The van der Waals surface area contributed by atoms with Gasteiger partial charge in [-0.05, 0) is 37.4 Å². The van der Waals surface area contributed by atoms with Gasteiger partial charge in [0.15, 0.2) is 0 Å². The number of anilines is 2. The third kappa shape index (κ3) is 5.67. The van der Waals surface area contributed by atoms with Crippen LogP contribution in [0.25, 0.3) is 5.57 Å². The zero-order valence-corrected chi connectivity index (χ0v) is 16.5. The third-order valence-electron chi connectivity index (χ3n) is 4.00. The molecule has 0 radical (unpaired) electrons. The summed E-state index contributed by atoms with van der Waals surface area (Å²) in [7, 11) is -2.18. The van der Waals surface area contributed by atoms with Crippen LogP contribution in [0.4, 0.5) is 24.7 Å². The molecular weight excluding hydrogens is 421 g/mol. The van der Waals surface area contributed by atoms with Gasteiger partial charge in [-0.25, -0.2) is 23.1 Å². The van der Waals surface area contributed by atoms with Crippen molar-refractivity contribution in [3.05, 3.63) is 71.6 Å². The monoisotopic (exact) mass is 438 g/mol. The Kier molecular flexibility index (Phi) is 6.22. The Morgan fingerprint density at radius 3 is 2.50 bits per heavy atom. The number of hydrogen-bond acceptors (Lipinski definition) is 6. The highest BCUT2D eigenvalue weighted by Crippen LogP contribution is 2.26. The molecule has 2 aromatic rings. The number of aromatic nitrogens is 2. The van der Waals surface area contributed by atoms with Crippen molar-refractivity contribution in [1.82, 2.24) is 14.7 Å². The van der Waals surface area contributed by atoms with Gasteiger partial charge in [-0.2, -0.15) is 0 Å². The molecule has 0 amide bonds. The van der Waals surface area contributed by atoms with Crippen LogP contribution in [0.1, 0.15) is 12.1 Å². The van der Waals surface area contributed by atoms with Crippen LogP contribution in [0, 0.1) is 0 Å². The van der Waals surface area contributed by atoms with Gasteiger partial charge in [0.1, 0.15) is 17.9 Å². The van der Waals surface area contributed by atoms with E-state index in [1.165, 1.54) is 43.7 Å². The van der Waals surface area contributed by atoms with E-state index in [9.17, 15) is 21.6 Å². The summed E-state index contributed by atoms with van der Waals surface area (Å²) in [6.07, 6.45) is 3.44. The van der Waals surface area contributed by atoms with E-state index in [4.69, 9.17) is 0 Å². The van der Waals surface area contributed by atoms with Gasteiger partial charge in [-0.3, -0.25) is 0 Å². The number of rotatable bonds is 6. The predicted molar refractivity (Wildman–Crippen MR) is 106 cm³/mol. The highest BCUT2D eigenvalue weighted by atomic mass is 32.2. The van der Waals surface area contributed by atoms with E-state index >= 15 is 0 Å². The number of allylic oxidation sites excluding steroid dienone is 6. The smallest absolute Gasteiger partial charge is 0.406 e. The molecule has 0 saturated carbocycles. The summed E-state index contributed by atoms with van der Waals surface area (Å²) in [4.78, 5) is 8.52. The second kappa shape index (κ2) is 8.67. The van der Waals surface area contributed by atoms with Crippen molar-refractivity contribution in [1.29, 1.82) is 0 Å². The second-order valence-corrected chi connectivity index (χ2v) is 7.99.